The van der Waals surface area contributed by atoms with Crippen LogP contribution in [-0.4, -0.2) is 48.1 Å². The first kappa shape index (κ1) is 17.5. The molecule has 2 unspecified atom stereocenters. The highest BCUT2D eigenvalue weighted by atomic mass is 32.2. The average molecular weight is 391 g/mol. The Bertz CT molecular complexity index is 1010. The molecule has 0 radical (unpaired) electrons. The van der Waals surface area contributed by atoms with Crippen LogP contribution in [0.15, 0.2) is 18.2 Å². The summed E-state index contributed by atoms with van der Waals surface area (Å²) < 4.78 is 41.6. The van der Waals surface area contributed by atoms with Crippen molar-refractivity contribution in [2.75, 3.05) is 20.2 Å². The van der Waals surface area contributed by atoms with E-state index in [2.05, 4.69) is 11.8 Å². The van der Waals surface area contributed by atoms with Gasteiger partial charge in [0.1, 0.15) is 5.75 Å². The van der Waals surface area contributed by atoms with Gasteiger partial charge in [-0.25, -0.2) is 3.97 Å². The molecule has 3 fully saturated rings. The molecule has 1 N–H and O–H groups in total. The van der Waals surface area contributed by atoms with Crippen molar-refractivity contribution in [1.29, 1.82) is 0 Å². The summed E-state index contributed by atoms with van der Waals surface area (Å²) in [5.41, 5.74) is 2.44. The van der Waals surface area contributed by atoms with E-state index in [1.54, 1.807) is 19.2 Å². The number of ether oxygens (including phenoxy) is 1. The third kappa shape index (κ3) is 2.48. The second kappa shape index (κ2) is 5.96. The highest BCUT2D eigenvalue weighted by Gasteiger charge is 2.50. The van der Waals surface area contributed by atoms with Crippen LogP contribution in [0.4, 0.5) is 0 Å². The van der Waals surface area contributed by atoms with Crippen molar-refractivity contribution in [1.82, 2.24) is 8.87 Å². The predicted octanol–water partition coefficient (Wildman–Crippen LogP) is 3.06. The first-order valence-corrected chi connectivity index (χ1v) is 11.2. The third-order valence-electron chi connectivity index (χ3n) is 7.06. The largest absolute Gasteiger partial charge is 0.497 e. The lowest BCUT2D eigenvalue weighted by atomic mass is 9.65. The van der Waals surface area contributed by atoms with Crippen LogP contribution in [0.2, 0.25) is 0 Å². The SMILES string of the molecule is CC[C@H]1C[C@H]2C[C@H]3c4c(c5cc(OC)ccc5n4S(=O)(=O)O)CCN(C2)C13. The van der Waals surface area contributed by atoms with Crippen molar-refractivity contribution in [3.63, 3.8) is 0 Å². The van der Waals surface area contributed by atoms with E-state index in [1.165, 1.54) is 10.4 Å². The van der Waals surface area contributed by atoms with E-state index in [9.17, 15) is 13.0 Å². The van der Waals surface area contributed by atoms with E-state index < -0.39 is 10.3 Å². The number of methoxy groups -OCH3 is 1. The Kier molecular flexibility index (Phi) is 3.87. The van der Waals surface area contributed by atoms with Crippen LogP contribution in [0.5, 0.6) is 5.75 Å². The minimum absolute atomic E-state index is 0.153. The number of piperidine rings is 2. The molecule has 4 aliphatic rings. The molecule has 6 rings (SSSR count). The summed E-state index contributed by atoms with van der Waals surface area (Å²) in [6.45, 7) is 4.31. The van der Waals surface area contributed by atoms with Crippen molar-refractivity contribution in [2.24, 2.45) is 11.8 Å². The molecule has 7 heteroatoms. The van der Waals surface area contributed by atoms with Crippen molar-refractivity contribution < 1.29 is 17.7 Å². The lowest BCUT2D eigenvalue weighted by Gasteiger charge is -2.53. The van der Waals surface area contributed by atoms with Crippen LogP contribution in [0.3, 0.4) is 0 Å². The molecule has 0 amide bonds. The van der Waals surface area contributed by atoms with E-state index in [1.807, 2.05) is 6.07 Å². The third-order valence-corrected chi connectivity index (χ3v) is 7.92. The first-order chi connectivity index (χ1) is 12.9. The summed E-state index contributed by atoms with van der Waals surface area (Å²) >= 11 is 0. The smallest absolute Gasteiger partial charge is 0.364 e. The number of rotatable bonds is 3. The Hall–Kier alpha value is -1.57. The standard InChI is InChI=1S/C20H26N2O4S/c1-3-13-8-12-9-17-19(13)21(11-12)7-6-15-16-10-14(26-2)4-5-18(16)22(20(15)17)27(23,24)25/h4-5,10,12-13,17,19H,3,6-9,11H2,1-2H3,(H,23,24,25)/t12-,13-,17+,19?/m0/s1. The monoisotopic (exact) mass is 390 g/mol. The number of hydrogen-bond acceptors (Lipinski definition) is 4. The first-order valence-electron chi connectivity index (χ1n) is 9.85. The lowest BCUT2D eigenvalue weighted by Crippen LogP contribution is -2.56. The van der Waals surface area contributed by atoms with Crippen LogP contribution in [-0.2, 0) is 16.7 Å². The average Bonchev–Trinajstić information content (AvgIpc) is 2.94. The minimum Gasteiger partial charge on any atom is -0.497 e. The fourth-order valence-corrected chi connectivity index (χ4v) is 7.06. The number of benzene rings is 1. The molecule has 3 aliphatic heterocycles. The zero-order valence-electron chi connectivity index (χ0n) is 15.8. The van der Waals surface area contributed by atoms with Gasteiger partial charge >= 0.3 is 10.3 Å². The maximum Gasteiger partial charge on any atom is 0.364 e. The number of hydrogen-bond donors (Lipinski definition) is 1. The van der Waals surface area contributed by atoms with Crippen molar-refractivity contribution in [3.8, 4) is 5.75 Å². The highest BCUT2D eigenvalue weighted by molar-refractivity contribution is 7.84. The lowest BCUT2D eigenvalue weighted by molar-refractivity contribution is -0.0137. The van der Waals surface area contributed by atoms with Gasteiger partial charge in [-0.05, 0) is 54.9 Å². The minimum atomic E-state index is -4.38. The van der Waals surface area contributed by atoms with E-state index in [0.717, 1.165) is 49.0 Å². The van der Waals surface area contributed by atoms with E-state index in [0.29, 0.717) is 29.1 Å². The normalized spacial score (nSPS) is 32.3. The van der Waals surface area contributed by atoms with Gasteiger partial charge in [0.2, 0.25) is 0 Å². The summed E-state index contributed by atoms with van der Waals surface area (Å²) in [6.07, 6.45) is 4.16. The molecule has 1 aromatic heterocycles. The molecule has 146 valence electrons. The fourth-order valence-electron chi connectivity index (χ4n) is 6.16. The van der Waals surface area contributed by atoms with Gasteiger partial charge in [-0.2, -0.15) is 8.42 Å². The van der Waals surface area contributed by atoms with Gasteiger partial charge < -0.3 is 4.74 Å². The summed E-state index contributed by atoms with van der Waals surface area (Å²) in [6, 6.07) is 5.80. The summed E-state index contributed by atoms with van der Waals surface area (Å²) in [7, 11) is -2.77. The number of aromatic nitrogens is 1. The molecule has 2 aromatic rings. The Morgan fingerprint density at radius 2 is 2.11 bits per heavy atom. The van der Waals surface area contributed by atoms with Crippen LogP contribution < -0.4 is 4.74 Å². The molecule has 1 aliphatic carbocycles. The van der Waals surface area contributed by atoms with Gasteiger partial charge in [-0.15, -0.1) is 0 Å². The second-order valence-electron chi connectivity index (χ2n) is 8.34. The van der Waals surface area contributed by atoms with Crippen LogP contribution in [0.25, 0.3) is 10.9 Å². The predicted molar refractivity (Wildman–Crippen MR) is 104 cm³/mol. The zero-order chi connectivity index (χ0) is 18.9. The van der Waals surface area contributed by atoms with Crippen molar-refractivity contribution >= 4 is 21.2 Å². The fraction of sp³-hybridized carbons (Fsp3) is 0.600. The zero-order valence-corrected chi connectivity index (χ0v) is 16.6. The Labute approximate surface area is 160 Å². The van der Waals surface area contributed by atoms with Gasteiger partial charge in [-0.1, -0.05) is 13.3 Å². The maximum absolute atomic E-state index is 12.4. The molecular weight excluding hydrogens is 364 g/mol. The molecule has 1 aromatic carbocycles. The van der Waals surface area contributed by atoms with Gasteiger partial charge in [0.05, 0.1) is 12.6 Å². The molecule has 6 nitrogen and oxygen atoms in total. The molecule has 2 saturated heterocycles. The van der Waals surface area contributed by atoms with Crippen LogP contribution in [0, 0.1) is 11.8 Å². The van der Waals surface area contributed by atoms with E-state index in [-0.39, 0.29) is 5.92 Å². The van der Waals surface area contributed by atoms with E-state index in [4.69, 9.17) is 4.74 Å². The second-order valence-corrected chi connectivity index (χ2v) is 9.60. The van der Waals surface area contributed by atoms with Gasteiger partial charge in [0.15, 0.2) is 0 Å². The highest BCUT2D eigenvalue weighted by Crippen LogP contribution is 2.52. The van der Waals surface area contributed by atoms with Crippen molar-refractivity contribution in [3.05, 3.63) is 29.5 Å². The molecule has 1 saturated carbocycles. The quantitative estimate of drug-likeness (QED) is 0.816. The molecule has 4 heterocycles. The maximum atomic E-state index is 12.4. The number of nitrogens with zero attached hydrogens (tertiary/aromatic N) is 2. The topological polar surface area (TPSA) is 71.8 Å². The molecular formula is C20H26N2O4S. The van der Waals surface area contributed by atoms with Crippen LogP contribution in [0.1, 0.15) is 43.4 Å². The number of fused-ring (bicyclic) bond motifs is 4. The Morgan fingerprint density at radius 3 is 2.81 bits per heavy atom. The Morgan fingerprint density at radius 1 is 1.30 bits per heavy atom. The molecule has 27 heavy (non-hydrogen) atoms. The van der Waals surface area contributed by atoms with E-state index >= 15 is 0 Å². The van der Waals surface area contributed by atoms with Gasteiger partial charge in [0.25, 0.3) is 0 Å². The summed E-state index contributed by atoms with van der Waals surface area (Å²) in [5, 5.41) is 0.889. The van der Waals surface area contributed by atoms with Crippen molar-refractivity contribution in [2.45, 2.75) is 44.6 Å². The summed E-state index contributed by atoms with van der Waals surface area (Å²) in [5.74, 6) is 2.06. The van der Waals surface area contributed by atoms with Gasteiger partial charge in [-0.3, -0.25) is 9.45 Å². The molecule has 5 atom stereocenters. The van der Waals surface area contributed by atoms with Crippen LogP contribution >= 0.6 is 0 Å². The molecule has 0 spiro atoms. The Balaban J connectivity index is 1.81. The molecule has 4 bridgehead atoms. The summed E-state index contributed by atoms with van der Waals surface area (Å²) in [4.78, 5) is 2.58. The van der Waals surface area contributed by atoms with Gasteiger partial charge in [0, 0.05) is 36.1 Å².